The minimum Gasteiger partial charge on any atom is -0.269 e. The molecule has 0 spiro atoms. The lowest BCUT2D eigenvalue weighted by Crippen LogP contribution is -1.93. The second kappa shape index (κ2) is 5.45. The van der Waals surface area contributed by atoms with Crippen molar-refractivity contribution >= 4 is 39.4 Å². The average molecular weight is 365 g/mol. The van der Waals surface area contributed by atoms with Crippen LogP contribution in [0.1, 0.15) is 17.2 Å². The maximum atomic E-state index is 4.85. The first-order valence-electron chi connectivity index (χ1n) is 5.84. The smallest absolute Gasteiger partial charge is 0.0986 e. The number of rotatable bonds is 2. The Morgan fingerprint density at radius 3 is 2.67 bits per heavy atom. The summed E-state index contributed by atoms with van der Waals surface area (Å²) in [4.78, 5) is 4.85. The van der Waals surface area contributed by atoms with Gasteiger partial charge in [0.05, 0.1) is 11.1 Å². The SMILES string of the molecule is Ic1cccc(C2=NC(c3ccccc3)CS2)c1. The highest BCUT2D eigenvalue weighted by Crippen LogP contribution is 2.33. The molecule has 0 radical (unpaired) electrons. The third kappa shape index (κ3) is 2.62. The quantitative estimate of drug-likeness (QED) is 0.713. The molecule has 18 heavy (non-hydrogen) atoms. The molecule has 1 aliphatic heterocycles. The van der Waals surface area contributed by atoms with Gasteiger partial charge in [-0.25, -0.2) is 0 Å². The molecule has 0 amide bonds. The van der Waals surface area contributed by atoms with Gasteiger partial charge in [0, 0.05) is 14.9 Å². The fourth-order valence-electron chi connectivity index (χ4n) is 2.00. The van der Waals surface area contributed by atoms with Crippen molar-refractivity contribution in [1.29, 1.82) is 0 Å². The molecule has 1 unspecified atom stereocenters. The van der Waals surface area contributed by atoms with Gasteiger partial charge < -0.3 is 0 Å². The maximum absolute atomic E-state index is 4.85. The lowest BCUT2D eigenvalue weighted by atomic mass is 10.1. The highest BCUT2D eigenvalue weighted by atomic mass is 127. The van der Waals surface area contributed by atoms with Crippen LogP contribution in [0.2, 0.25) is 0 Å². The molecule has 0 aliphatic carbocycles. The first-order chi connectivity index (χ1) is 8.83. The molecule has 1 aliphatic rings. The average Bonchev–Trinajstić information content (AvgIpc) is 2.89. The van der Waals surface area contributed by atoms with Gasteiger partial charge in [-0.2, -0.15) is 0 Å². The van der Waals surface area contributed by atoms with Crippen molar-refractivity contribution in [3.05, 3.63) is 69.3 Å². The molecule has 2 aromatic carbocycles. The lowest BCUT2D eigenvalue weighted by Gasteiger charge is -2.04. The summed E-state index contributed by atoms with van der Waals surface area (Å²) in [5.74, 6) is 1.05. The molecule has 90 valence electrons. The second-order valence-corrected chi connectivity index (χ2v) is 6.44. The number of halogens is 1. The van der Waals surface area contributed by atoms with E-state index in [1.165, 1.54) is 19.7 Å². The molecule has 1 heterocycles. The normalized spacial score (nSPS) is 18.7. The van der Waals surface area contributed by atoms with E-state index in [0.717, 1.165) is 5.75 Å². The van der Waals surface area contributed by atoms with Crippen molar-refractivity contribution in [3.63, 3.8) is 0 Å². The largest absolute Gasteiger partial charge is 0.269 e. The van der Waals surface area contributed by atoms with Crippen molar-refractivity contribution in [3.8, 4) is 0 Å². The molecule has 0 saturated carbocycles. The van der Waals surface area contributed by atoms with Crippen molar-refractivity contribution in [2.75, 3.05) is 5.75 Å². The summed E-state index contributed by atoms with van der Waals surface area (Å²) >= 11 is 4.20. The topological polar surface area (TPSA) is 12.4 Å². The van der Waals surface area contributed by atoms with Gasteiger partial charge in [0.15, 0.2) is 0 Å². The third-order valence-electron chi connectivity index (χ3n) is 2.91. The summed E-state index contributed by atoms with van der Waals surface area (Å²) in [5.41, 5.74) is 2.55. The van der Waals surface area contributed by atoms with Gasteiger partial charge in [-0.1, -0.05) is 42.5 Å². The first kappa shape index (κ1) is 12.2. The van der Waals surface area contributed by atoms with Crippen molar-refractivity contribution in [1.82, 2.24) is 0 Å². The standard InChI is InChI=1S/C15H12INS/c16-13-8-4-7-12(9-13)15-17-14(10-18-15)11-5-2-1-3-6-11/h1-9,14H,10H2. The summed E-state index contributed by atoms with van der Waals surface area (Å²) in [6, 6.07) is 19.4. The van der Waals surface area contributed by atoms with Gasteiger partial charge in [-0.3, -0.25) is 4.99 Å². The summed E-state index contributed by atoms with van der Waals surface area (Å²) < 4.78 is 1.26. The predicted octanol–water partition coefficient (Wildman–Crippen LogP) is 4.53. The Hall–Kier alpha value is -0.810. The Labute approximate surface area is 125 Å². The molecular formula is C15H12INS. The van der Waals surface area contributed by atoms with Crippen LogP contribution >= 0.6 is 34.4 Å². The van der Waals surface area contributed by atoms with E-state index in [1.54, 1.807) is 0 Å². The number of aliphatic imine (C=N–C) groups is 1. The van der Waals surface area contributed by atoms with Gasteiger partial charge in [-0.15, -0.1) is 11.8 Å². The second-order valence-electron chi connectivity index (χ2n) is 4.18. The number of hydrogen-bond acceptors (Lipinski definition) is 2. The van der Waals surface area contributed by atoms with Gasteiger partial charge in [0.2, 0.25) is 0 Å². The van der Waals surface area contributed by atoms with Crippen LogP contribution in [0.3, 0.4) is 0 Å². The zero-order chi connectivity index (χ0) is 12.4. The van der Waals surface area contributed by atoms with Crippen LogP contribution in [0, 0.1) is 3.57 Å². The molecule has 0 saturated heterocycles. The van der Waals surface area contributed by atoms with E-state index in [2.05, 4.69) is 77.2 Å². The number of thioether (sulfide) groups is 1. The van der Waals surface area contributed by atoms with Gasteiger partial charge in [0.1, 0.15) is 0 Å². The van der Waals surface area contributed by atoms with Crippen LogP contribution in [0.4, 0.5) is 0 Å². The molecule has 3 heteroatoms. The number of benzene rings is 2. The predicted molar refractivity (Wildman–Crippen MR) is 87.3 cm³/mol. The summed E-state index contributed by atoms with van der Waals surface area (Å²) in [6.45, 7) is 0. The molecule has 1 atom stereocenters. The van der Waals surface area contributed by atoms with Crippen LogP contribution < -0.4 is 0 Å². The maximum Gasteiger partial charge on any atom is 0.0986 e. The fourth-order valence-corrected chi connectivity index (χ4v) is 3.62. The van der Waals surface area contributed by atoms with Crippen molar-refractivity contribution in [2.24, 2.45) is 4.99 Å². The minimum absolute atomic E-state index is 0.309. The third-order valence-corrected chi connectivity index (χ3v) is 4.67. The zero-order valence-corrected chi connectivity index (χ0v) is 12.7. The van der Waals surface area contributed by atoms with Crippen LogP contribution in [-0.4, -0.2) is 10.8 Å². The lowest BCUT2D eigenvalue weighted by molar-refractivity contribution is 0.850. The molecular weight excluding hydrogens is 353 g/mol. The molecule has 2 aromatic rings. The Balaban J connectivity index is 1.88. The Morgan fingerprint density at radius 2 is 1.89 bits per heavy atom. The number of hydrogen-bond donors (Lipinski definition) is 0. The van der Waals surface area contributed by atoms with E-state index in [-0.39, 0.29) is 0 Å². The number of nitrogens with zero attached hydrogens (tertiary/aromatic N) is 1. The Kier molecular flexibility index (Phi) is 3.70. The molecule has 0 aromatic heterocycles. The molecule has 0 bridgehead atoms. The Bertz CT molecular complexity index is 580. The molecule has 3 rings (SSSR count). The Morgan fingerprint density at radius 1 is 1.06 bits per heavy atom. The van der Waals surface area contributed by atoms with Gasteiger partial charge >= 0.3 is 0 Å². The fraction of sp³-hybridized carbons (Fsp3) is 0.133. The van der Waals surface area contributed by atoms with Crippen LogP contribution in [0.25, 0.3) is 0 Å². The minimum atomic E-state index is 0.309. The summed E-state index contributed by atoms with van der Waals surface area (Å²) in [7, 11) is 0. The van der Waals surface area contributed by atoms with E-state index in [0.29, 0.717) is 6.04 Å². The van der Waals surface area contributed by atoms with Crippen LogP contribution in [-0.2, 0) is 0 Å². The first-order valence-corrected chi connectivity index (χ1v) is 7.91. The highest BCUT2D eigenvalue weighted by molar-refractivity contribution is 14.1. The molecule has 0 N–H and O–H groups in total. The van der Waals surface area contributed by atoms with E-state index < -0.39 is 0 Å². The van der Waals surface area contributed by atoms with Crippen LogP contribution in [0.15, 0.2) is 59.6 Å². The van der Waals surface area contributed by atoms with E-state index in [9.17, 15) is 0 Å². The molecule has 0 fully saturated rings. The van der Waals surface area contributed by atoms with Gasteiger partial charge in [-0.05, 0) is 40.3 Å². The van der Waals surface area contributed by atoms with Crippen LogP contribution in [0.5, 0.6) is 0 Å². The summed E-state index contributed by atoms with van der Waals surface area (Å²) in [6.07, 6.45) is 0. The highest BCUT2D eigenvalue weighted by Gasteiger charge is 2.20. The van der Waals surface area contributed by atoms with Gasteiger partial charge in [0.25, 0.3) is 0 Å². The monoisotopic (exact) mass is 365 g/mol. The van der Waals surface area contributed by atoms with E-state index in [1.807, 2.05) is 11.8 Å². The zero-order valence-electron chi connectivity index (χ0n) is 9.71. The van der Waals surface area contributed by atoms with E-state index in [4.69, 9.17) is 4.99 Å². The van der Waals surface area contributed by atoms with Crippen molar-refractivity contribution in [2.45, 2.75) is 6.04 Å². The van der Waals surface area contributed by atoms with Crippen molar-refractivity contribution < 1.29 is 0 Å². The van der Waals surface area contributed by atoms with E-state index >= 15 is 0 Å². The molecule has 1 nitrogen and oxygen atoms in total. The summed E-state index contributed by atoms with van der Waals surface area (Å²) in [5, 5.41) is 1.17.